The van der Waals surface area contributed by atoms with Gasteiger partial charge < -0.3 is 10.1 Å². The Labute approximate surface area is 97.8 Å². The van der Waals surface area contributed by atoms with E-state index in [1.807, 2.05) is 0 Å². The number of hydrogen-bond donors (Lipinski definition) is 1. The molecule has 0 spiro atoms. The lowest BCUT2D eigenvalue weighted by Crippen LogP contribution is -2.28. The summed E-state index contributed by atoms with van der Waals surface area (Å²) in [6, 6.07) is 3.77. The van der Waals surface area contributed by atoms with Crippen molar-refractivity contribution in [3.05, 3.63) is 17.0 Å². The van der Waals surface area contributed by atoms with E-state index in [2.05, 4.69) is 11.4 Å². The van der Waals surface area contributed by atoms with E-state index in [9.17, 15) is 4.79 Å². The van der Waals surface area contributed by atoms with Gasteiger partial charge in [0.2, 0.25) is 5.91 Å². The summed E-state index contributed by atoms with van der Waals surface area (Å²) in [6.07, 6.45) is 1.53. The van der Waals surface area contributed by atoms with Crippen molar-refractivity contribution in [2.24, 2.45) is 5.92 Å². The average molecular weight is 236 g/mol. The van der Waals surface area contributed by atoms with Gasteiger partial charge in [-0.25, -0.2) is 0 Å². The van der Waals surface area contributed by atoms with Crippen molar-refractivity contribution in [3.63, 3.8) is 0 Å². The second-order valence-electron chi connectivity index (χ2n) is 3.65. The van der Waals surface area contributed by atoms with Gasteiger partial charge in [0, 0.05) is 19.1 Å². The van der Waals surface area contributed by atoms with E-state index in [4.69, 9.17) is 10.00 Å². The Morgan fingerprint density at radius 1 is 1.56 bits per heavy atom. The number of rotatable bonds is 2. The van der Waals surface area contributed by atoms with Gasteiger partial charge in [-0.3, -0.25) is 4.79 Å². The molecule has 16 heavy (non-hydrogen) atoms. The van der Waals surface area contributed by atoms with Crippen molar-refractivity contribution < 1.29 is 9.53 Å². The molecule has 5 heteroatoms. The van der Waals surface area contributed by atoms with E-state index in [-0.39, 0.29) is 11.8 Å². The maximum absolute atomic E-state index is 11.9. The molecule has 1 aliphatic rings. The third-order valence-electron chi connectivity index (χ3n) is 2.61. The minimum absolute atomic E-state index is 0.00208. The van der Waals surface area contributed by atoms with Crippen LogP contribution in [0.3, 0.4) is 0 Å². The molecule has 2 rings (SSSR count). The van der Waals surface area contributed by atoms with Gasteiger partial charge in [0.05, 0.1) is 5.56 Å². The second-order valence-corrected chi connectivity index (χ2v) is 4.57. The Morgan fingerprint density at radius 2 is 2.31 bits per heavy atom. The first kappa shape index (κ1) is 11.1. The van der Waals surface area contributed by atoms with Crippen molar-refractivity contribution in [1.29, 1.82) is 5.26 Å². The molecule has 2 heterocycles. The Morgan fingerprint density at radius 3 is 3.00 bits per heavy atom. The number of nitrogens with one attached hydrogen (secondary N) is 1. The molecule has 0 unspecified atom stereocenters. The van der Waals surface area contributed by atoms with Gasteiger partial charge in [-0.1, -0.05) is 0 Å². The van der Waals surface area contributed by atoms with Crippen molar-refractivity contribution in [2.45, 2.75) is 12.8 Å². The summed E-state index contributed by atoms with van der Waals surface area (Å²) in [5.74, 6) is 0.0182. The van der Waals surface area contributed by atoms with Gasteiger partial charge in [-0.05, 0) is 24.3 Å². The normalized spacial score (nSPS) is 16.7. The highest BCUT2D eigenvalue weighted by molar-refractivity contribution is 7.14. The average Bonchev–Trinajstić information content (AvgIpc) is 2.77. The Kier molecular flexibility index (Phi) is 3.54. The highest BCUT2D eigenvalue weighted by Crippen LogP contribution is 2.24. The molecule has 0 aromatic carbocycles. The Balaban J connectivity index is 1.99. The van der Waals surface area contributed by atoms with Crippen LogP contribution in [0.15, 0.2) is 11.4 Å². The largest absolute Gasteiger partial charge is 0.381 e. The molecule has 1 fully saturated rings. The van der Waals surface area contributed by atoms with Crippen LogP contribution in [0, 0.1) is 17.2 Å². The van der Waals surface area contributed by atoms with Crippen LogP contribution in [0.25, 0.3) is 0 Å². The number of ether oxygens (including phenoxy) is 1. The highest BCUT2D eigenvalue weighted by atomic mass is 32.1. The van der Waals surface area contributed by atoms with Crippen molar-refractivity contribution in [3.8, 4) is 6.07 Å². The number of carbonyl (C=O) groups is 1. The number of amides is 1. The van der Waals surface area contributed by atoms with Crippen LogP contribution in [0.5, 0.6) is 0 Å². The summed E-state index contributed by atoms with van der Waals surface area (Å²) >= 11 is 1.38. The SMILES string of the molecule is N#Cc1ccsc1NC(=O)C1CCOCC1. The lowest BCUT2D eigenvalue weighted by molar-refractivity contribution is -0.122. The van der Waals surface area contributed by atoms with Gasteiger partial charge in [0.25, 0.3) is 0 Å². The van der Waals surface area contributed by atoms with Gasteiger partial charge in [0.1, 0.15) is 11.1 Å². The van der Waals surface area contributed by atoms with Crippen LogP contribution in [0.2, 0.25) is 0 Å². The molecule has 0 radical (unpaired) electrons. The zero-order valence-electron chi connectivity index (χ0n) is 8.73. The monoisotopic (exact) mass is 236 g/mol. The number of hydrogen-bond acceptors (Lipinski definition) is 4. The zero-order valence-corrected chi connectivity index (χ0v) is 9.55. The summed E-state index contributed by atoms with van der Waals surface area (Å²) in [6.45, 7) is 1.29. The number of thiophene rings is 1. The lowest BCUT2D eigenvalue weighted by Gasteiger charge is -2.20. The van der Waals surface area contributed by atoms with Crippen LogP contribution >= 0.6 is 11.3 Å². The third-order valence-corrected chi connectivity index (χ3v) is 3.44. The van der Waals surface area contributed by atoms with Gasteiger partial charge >= 0.3 is 0 Å². The number of anilines is 1. The van der Waals surface area contributed by atoms with Crippen LogP contribution in [0.1, 0.15) is 18.4 Å². The fraction of sp³-hybridized carbons (Fsp3) is 0.455. The molecule has 1 aromatic rings. The van der Waals surface area contributed by atoms with Gasteiger partial charge in [-0.15, -0.1) is 11.3 Å². The standard InChI is InChI=1S/C11H12N2O2S/c12-7-9-3-6-16-11(9)13-10(14)8-1-4-15-5-2-8/h3,6,8H,1-2,4-5H2,(H,13,14). The molecular weight excluding hydrogens is 224 g/mol. The summed E-state index contributed by atoms with van der Waals surface area (Å²) in [5.41, 5.74) is 0.533. The van der Waals surface area contributed by atoms with E-state index in [0.717, 1.165) is 12.8 Å². The lowest BCUT2D eigenvalue weighted by atomic mass is 9.99. The minimum Gasteiger partial charge on any atom is -0.381 e. The summed E-state index contributed by atoms with van der Waals surface area (Å²) in [5, 5.41) is 14.1. The van der Waals surface area contributed by atoms with Gasteiger partial charge in [0.15, 0.2) is 0 Å². The molecule has 4 nitrogen and oxygen atoms in total. The van der Waals surface area contributed by atoms with E-state index in [1.165, 1.54) is 11.3 Å². The molecular formula is C11H12N2O2S. The fourth-order valence-corrected chi connectivity index (χ4v) is 2.41. The quantitative estimate of drug-likeness (QED) is 0.854. The topological polar surface area (TPSA) is 62.1 Å². The molecule has 0 aliphatic carbocycles. The predicted molar refractivity (Wildman–Crippen MR) is 61.2 cm³/mol. The summed E-state index contributed by atoms with van der Waals surface area (Å²) in [4.78, 5) is 11.9. The van der Waals surface area contributed by atoms with Gasteiger partial charge in [-0.2, -0.15) is 5.26 Å². The maximum atomic E-state index is 11.9. The number of nitriles is 1. The van der Waals surface area contributed by atoms with Crippen LogP contribution in [-0.4, -0.2) is 19.1 Å². The molecule has 1 amide bonds. The maximum Gasteiger partial charge on any atom is 0.228 e. The molecule has 84 valence electrons. The highest BCUT2D eigenvalue weighted by Gasteiger charge is 2.22. The molecule has 0 saturated carbocycles. The smallest absolute Gasteiger partial charge is 0.228 e. The number of carbonyl (C=O) groups excluding carboxylic acids is 1. The van der Waals surface area contributed by atoms with Crippen LogP contribution in [-0.2, 0) is 9.53 Å². The Bertz CT molecular complexity index is 416. The van der Waals surface area contributed by atoms with E-state index < -0.39 is 0 Å². The molecule has 1 saturated heterocycles. The van der Waals surface area contributed by atoms with E-state index in [1.54, 1.807) is 11.4 Å². The number of nitrogens with zero attached hydrogens (tertiary/aromatic N) is 1. The van der Waals surface area contributed by atoms with Crippen molar-refractivity contribution in [2.75, 3.05) is 18.5 Å². The van der Waals surface area contributed by atoms with Crippen LogP contribution < -0.4 is 5.32 Å². The first-order chi connectivity index (χ1) is 7.81. The molecule has 1 N–H and O–H groups in total. The summed E-state index contributed by atoms with van der Waals surface area (Å²) < 4.78 is 5.20. The predicted octanol–water partition coefficient (Wildman–Crippen LogP) is 1.98. The second kappa shape index (κ2) is 5.10. The Hall–Kier alpha value is -1.38. The first-order valence-corrected chi connectivity index (χ1v) is 6.05. The van der Waals surface area contributed by atoms with E-state index >= 15 is 0 Å². The third kappa shape index (κ3) is 2.40. The van der Waals surface area contributed by atoms with Crippen molar-refractivity contribution >= 4 is 22.2 Å². The summed E-state index contributed by atoms with van der Waals surface area (Å²) in [7, 11) is 0. The van der Waals surface area contributed by atoms with Crippen molar-refractivity contribution in [1.82, 2.24) is 0 Å². The molecule has 0 atom stereocenters. The fourth-order valence-electron chi connectivity index (χ4n) is 1.67. The minimum atomic E-state index is 0.00208. The van der Waals surface area contributed by atoms with Crippen LogP contribution in [0.4, 0.5) is 5.00 Å². The zero-order chi connectivity index (χ0) is 11.4. The molecule has 1 aromatic heterocycles. The molecule has 1 aliphatic heterocycles. The van der Waals surface area contributed by atoms with E-state index in [0.29, 0.717) is 23.8 Å². The first-order valence-electron chi connectivity index (χ1n) is 5.17. The molecule has 0 bridgehead atoms.